The van der Waals surface area contributed by atoms with Crippen molar-refractivity contribution in [2.24, 2.45) is 0 Å². The lowest BCUT2D eigenvalue weighted by atomic mass is 9.93. The Balaban J connectivity index is 2.52. The van der Waals surface area contributed by atoms with Crippen molar-refractivity contribution in [3.05, 3.63) is 0 Å². The quantitative estimate of drug-likeness (QED) is 0.308. The van der Waals surface area contributed by atoms with E-state index in [1.807, 2.05) is 0 Å². The SMILES string of the molecule is COCCOCCN1C(O)[C@H](O)[C@@H](O)[C@H](O)[C@H]1CO. The van der Waals surface area contributed by atoms with Gasteiger partial charge in [-0.05, 0) is 0 Å². The largest absolute Gasteiger partial charge is 0.395 e. The topological polar surface area (TPSA) is 123 Å². The van der Waals surface area contributed by atoms with Crippen molar-refractivity contribution in [3.63, 3.8) is 0 Å². The third-order valence-electron chi connectivity index (χ3n) is 3.28. The van der Waals surface area contributed by atoms with Gasteiger partial charge in [-0.1, -0.05) is 0 Å². The fourth-order valence-corrected chi connectivity index (χ4v) is 2.12. The third-order valence-corrected chi connectivity index (χ3v) is 3.28. The highest BCUT2D eigenvalue weighted by Crippen LogP contribution is 2.22. The molecule has 0 aromatic rings. The van der Waals surface area contributed by atoms with Gasteiger partial charge in [-0.25, -0.2) is 0 Å². The number of likely N-dealkylation sites (tertiary alicyclic amines) is 1. The van der Waals surface area contributed by atoms with Gasteiger partial charge >= 0.3 is 0 Å². The Hall–Kier alpha value is -0.320. The van der Waals surface area contributed by atoms with Crippen molar-refractivity contribution in [3.8, 4) is 0 Å². The van der Waals surface area contributed by atoms with Gasteiger partial charge in [0.25, 0.3) is 0 Å². The van der Waals surface area contributed by atoms with Crippen molar-refractivity contribution in [2.75, 3.05) is 40.1 Å². The van der Waals surface area contributed by atoms with Crippen molar-refractivity contribution < 1.29 is 35.0 Å². The smallest absolute Gasteiger partial charge is 0.136 e. The van der Waals surface area contributed by atoms with Crippen molar-refractivity contribution in [1.29, 1.82) is 0 Å². The Morgan fingerprint density at radius 3 is 2.21 bits per heavy atom. The zero-order valence-corrected chi connectivity index (χ0v) is 10.9. The summed E-state index contributed by atoms with van der Waals surface area (Å²) < 4.78 is 10.0. The van der Waals surface area contributed by atoms with E-state index in [1.54, 1.807) is 7.11 Å². The van der Waals surface area contributed by atoms with Crippen LogP contribution in [-0.4, -0.2) is 101 Å². The molecule has 5 N–H and O–H groups in total. The Kier molecular flexibility index (Phi) is 7.11. The minimum atomic E-state index is -1.49. The van der Waals surface area contributed by atoms with Gasteiger partial charge in [-0.15, -0.1) is 0 Å². The standard InChI is InChI=1S/C11H23NO7/c1-18-4-5-19-3-2-12-7(6-13)8(14)9(15)10(16)11(12)17/h7-11,13-17H,2-6H2,1H3/t7-,8-,9+,10-,11?/m1/s1. The maximum absolute atomic E-state index is 9.84. The number of ether oxygens (including phenoxy) is 2. The molecule has 1 unspecified atom stereocenters. The highest BCUT2D eigenvalue weighted by Gasteiger charge is 2.46. The van der Waals surface area contributed by atoms with Gasteiger partial charge in [0.15, 0.2) is 0 Å². The molecule has 0 aliphatic carbocycles. The summed E-state index contributed by atoms with van der Waals surface area (Å²) in [6.07, 6.45) is -5.67. The van der Waals surface area contributed by atoms with Crippen LogP contribution in [0.25, 0.3) is 0 Å². The summed E-state index contributed by atoms with van der Waals surface area (Å²) in [6, 6.07) is -0.848. The van der Waals surface area contributed by atoms with Crippen LogP contribution in [0.2, 0.25) is 0 Å². The molecule has 8 heteroatoms. The number of aliphatic hydroxyl groups excluding tert-OH is 5. The van der Waals surface area contributed by atoms with Crippen molar-refractivity contribution in [2.45, 2.75) is 30.6 Å². The van der Waals surface area contributed by atoms with Crippen LogP contribution in [-0.2, 0) is 9.47 Å². The fraction of sp³-hybridized carbons (Fsp3) is 1.00. The van der Waals surface area contributed by atoms with Crippen LogP contribution in [0.1, 0.15) is 0 Å². The number of aliphatic hydroxyl groups is 5. The molecule has 0 spiro atoms. The molecule has 1 aliphatic heterocycles. The first-order valence-electron chi connectivity index (χ1n) is 6.20. The van der Waals surface area contributed by atoms with Crippen LogP contribution in [0.15, 0.2) is 0 Å². The number of piperidine rings is 1. The molecule has 0 radical (unpaired) electrons. The Labute approximate surface area is 111 Å². The number of hydrogen-bond donors (Lipinski definition) is 5. The van der Waals surface area contributed by atoms with E-state index in [0.717, 1.165) is 0 Å². The minimum Gasteiger partial charge on any atom is -0.395 e. The lowest BCUT2D eigenvalue weighted by molar-refractivity contribution is -0.224. The number of hydrogen-bond acceptors (Lipinski definition) is 8. The van der Waals surface area contributed by atoms with Gasteiger partial charge in [0, 0.05) is 13.7 Å². The van der Waals surface area contributed by atoms with Crippen LogP contribution in [0.4, 0.5) is 0 Å². The predicted molar refractivity (Wildman–Crippen MR) is 64.3 cm³/mol. The van der Waals surface area contributed by atoms with E-state index in [0.29, 0.717) is 13.2 Å². The Bertz CT molecular complexity index is 255. The number of rotatable bonds is 7. The molecule has 0 aromatic carbocycles. The summed E-state index contributed by atoms with van der Waals surface area (Å²) in [7, 11) is 1.55. The summed E-state index contributed by atoms with van der Waals surface area (Å²) in [4.78, 5) is 1.31. The zero-order valence-electron chi connectivity index (χ0n) is 10.9. The van der Waals surface area contributed by atoms with E-state index in [2.05, 4.69) is 0 Å². The lowest BCUT2D eigenvalue weighted by Crippen LogP contribution is -2.67. The molecule has 0 bridgehead atoms. The second kappa shape index (κ2) is 8.08. The maximum atomic E-state index is 9.84. The van der Waals surface area contributed by atoms with E-state index in [1.165, 1.54) is 4.90 Å². The van der Waals surface area contributed by atoms with E-state index < -0.39 is 37.2 Å². The van der Waals surface area contributed by atoms with E-state index >= 15 is 0 Å². The van der Waals surface area contributed by atoms with Gasteiger partial charge in [0.2, 0.25) is 0 Å². The molecule has 1 rings (SSSR count). The molecule has 1 fully saturated rings. The van der Waals surface area contributed by atoms with Gasteiger partial charge in [-0.3, -0.25) is 4.90 Å². The predicted octanol–water partition coefficient (Wildman–Crippen LogP) is -3.27. The molecule has 8 nitrogen and oxygen atoms in total. The Morgan fingerprint density at radius 2 is 1.63 bits per heavy atom. The second-order valence-electron chi connectivity index (χ2n) is 4.48. The summed E-state index contributed by atoms with van der Waals surface area (Å²) in [6.45, 7) is 0.831. The summed E-state index contributed by atoms with van der Waals surface area (Å²) in [5.74, 6) is 0. The van der Waals surface area contributed by atoms with Crippen molar-refractivity contribution in [1.82, 2.24) is 4.90 Å². The molecule has 5 atom stereocenters. The van der Waals surface area contributed by atoms with Gasteiger partial charge in [0.1, 0.15) is 24.5 Å². The zero-order chi connectivity index (χ0) is 14.4. The van der Waals surface area contributed by atoms with E-state index in [9.17, 15) is 25.5 Å². The van der Waals surface area contributed by atoms with Gasteiger partial charge in [0.05, 0.1) is 32.5 Å². The minimum absolute atomic E-state index is 0.205. The molecule has 1 saturated heterocycles. The first-order chi connectivity index (χ1) is 9.04. The van der Waals surface area contributed by atoms with Gasteiger partial charge < -0.3 is 35.0 Å². The highest BCUT2D eigenvalue weighted by atomic mass is 16.5. The molecule has 0 aromatic heterocycles. The average molecular weight is 281 g/mol. The lowest BCUT2D eigenvalue weighted by Gasteiger charge is -2.46. The second-order valence-corrected chi connectivity index (χ2v) is 4.48. The third kappa shape index (κ3) is 4.07. The number of nitrogens with zero attached hydrogens (tertiary/aromatic N) is 1. The molecule has 1 heterocycles. The van der Waals surface area contributed by atoms with Crippen LogP contribution in [0.5, 0.6) is 0 Å². The molecule has 0 amide bonds. The first-order valence-corrected chi connectivity index (χ1v) is 6.20. The summed E-state index contributed by atoms with van der Waals surface area (Å²) >= 11 is 0. The Morgan fingerprint density at radius 1 is 0.947 bits per heavy atom. The highest BCUT2D eigenvalue weighted by molar-refractivity contribution is 4.96. The van der Waals surface area contributed by atoms with Crippen LogP contribution < -0.4 is 0 Å². The van der Waals surface area contributed by atoms with Gasteiger partial charge in [-0.2, -0.15) is 0 Å². The normalized spacial score (nSPS) is 36.6. The number of methoxy groups -OCH3 is 1. The van der Waals surface area contributed by atoms with Crippen molar-refractivity contribution >= 4 is 0 Å². The van der Waals surface area contributed by atoms with Crippen LogP contribution >= 0.6 is 0 Å². The molecule has 114 valence electrons. The first kappa shape index (κ1) is 16.7. The summed E-state index contributed by atoms with van der Waals surface area (Å²) in [5, 5.41) is 48.0. The fourth-order valence-electron chi connectivity index (χ4n) is 2.12. The maximum Gasteiger partial charge on any atom is 0.136 e. The monoisotopic (exact) mass is 281 g/mol. The molecular weight excluding hydrogens is 258 g/mol. The molecule has 1 aliphatic rings. The van der Waals surface area contributed by atoms with E-state index in [-0.39, 0.29) is 13.2 Å². The molecule has 0 saturated carbocycles. The van der Waals surface area contributed by atoms with Crippen LogP contribution in [0.3, 0.4) is 0 Å². The summed E-state index contributed by atoms with van der Waals surface area (Å²) in [5.41, 5.74) is 0. The van der Waals surface area contributed by atoms with E-state index in [4.69, 9.17) is 9.47 Å². The average Bonchev–Trinajstić information content (AvgIpc) is 2.41. The molecular formula is C11H23NO7. The molecule has 19 heavy (non-hydrogen) atoms. The van der Waals surface area contributed by atoms with Crippen LogP contribution in [0, 0.1) is 0 Å².